The molecule has 9 heteroatoms. The molecule has 1 N–H and O–H groups in total. The van der Waals surface area contributed by atoms with E-state index in [4.69, 9.17) is 9.47 Å². The molecule has 140 valence electrons. The van der Waals surface area contributed by atoms with E-state index in [1.807, 2.05) is 24.3 Å². The van der Waals surface area contributed by atoms with E-state index >= 15 is 0 Å². The van der Waals surface area contributed by atoms with Crippen LogP contribution in [0.1, 0.15) is 10.4 Å². The Hall–Kier alpha value is -3.46. The molecule has 8 nitrogen and oxygen atoms in total. The summed E-state index contributed by atoms with van der Waals surface area (Å²) < 4.78 is 21.7. The molecule has 0 bridgehead atoms. The number of hydrogen-bond donors (Lipinski definition) is 1. The quantitative estimate of drug-likeness (QED) is 0.573. The number of anilines is 1. The van der Waals surface area contributed by atoms with E-state index in [1.165, 1.54) is 0 Å². The van der Waals surface area contributed by atoms with Crippen molar-refractivity contribution in [3.63, 3.8) is 0 Å². The van der Waals surface area contributed by atoms with Crippen molar-refractivity contribution in [2.45, 2.75) is 12.6 Å². The molecule has 2 aromatic heterocycles. The molecule has 1 amide bonds. The van der Waals surface area contributed by atoms with Crippen LogP contribution in [0.3, 0.4) is 0 Å². The Kier molecular flexibility index (Phi) is 4.13. The van der Waals surface area contributed by atoms with Crippen molar-refractivity contribution in [3.8, 4) is 11.5 Å². The lowest BCUT2D eigenvalue weighted by Crippen LogP contribution is -2.33. The summed E-state index contributed by atoms with van der Waals surface area (Å²) in [5, 5.41) is 7.15. The number of fused-ring (bicyclic) bond motifs is 2. The average molecular weight is 393 g/mol. The van der Waals surface area contributed by atoms with E-state index in [0.717, 1.165) is 28.7 Å². The van der Waals surface area contributed by atoms with Crippen LogP contribution in [-0.4, -0.2) is 37.1 Å². The van der Waals surface area contributed by atoms with E-state index in [9.17, 15) is 4.79 Å². The van der Waals surface area contributed by atoms with Crippen molar-refractivity contribution < 1.29 is 14.3 Å². The van der Waals surface area contributed by atoms with Gasteiger partial charge in [0, 0.05) is 11.8 Å². The molecule has 1 aliphatic rings. The minimum atomic E-state index is -0.222. The Morgan fingerprint density at radius 1 is 1.18 bits per heavy atom. The molecule has 0 fully saturated rings. The monoisotopic (exact) mass is 393 g/mol. The van der Waals surface area contributed by atoms with E-state index in [0.29, 0.717) is 29.9 Å². The van der Waals surface area contributed by atoms with Crippen molar-refractivity contribution in [2.24, 2.45) is 0 Å². The summed E-state index contributed by atoms with van der Waals surface area (Å²) in [6.45, 7) is 0.959. The molecule has 1 atom stereocenters. The van der Waals surface area contributed by atoms with Gasteiger partial charge in [-0.1, -0.05) is 12.1 Å². The number of carbonyl (C=O) groups is 1. The number of hydrogen-bond acceptors (Lipinski definition) is 7. The van der Waals surface area contributed by atoms with Gasteiger partial charge >= 0.3 is 0 Å². The first-order valence-electron chi connectivity index (χ1n) is 8.69. The predicted molar refractivity (Wildman–Crippen MR) is 104 cm³/mol. The van der Waals surface area contributed by atoms with E-state index < -0.39 is 0 Å². The molecule has 0 saturated heterocycles. The van der Waals surface area contributed by atoms with Crippen molar-refractivity contribution in [1.82, 2.24) is 18.5 Å². The number of para-hydroxylation sites is 2. The summed E-state index contributed by atoms with van der Waals surface area (Å²) in [7, 11) is 0. The predicted octanol–water partition coefficient (Wildman–Crippen LogP) is 2.98. The highest BCUT2D eigenvalue weighted by Crippen LogP contribution is 2.31. The second-order valence-electron chi connectivity index (χ2n) is 6.37. The minimum absolute atomic E-state index is 0.155. The Morgan fingerprint density at radius 3 is 2.96 bits per heavy atom. The summed E-state index contributed by atoms with van der Waals surface area (Å²) in [6.07, 6.45) is 3.22. The number of nitrogens with one attached hydrogen (secondary N) is 1. The smallest absolute Gasteiger partial charge is 0.255 e. The van der Waals surface area contributed by atoms with Crippen LogP contribution in [0.15, 0.2) is 54.9 Å². The van der Waals surface area contributed by atoms with Crippen LogP contribution in [0, 0.1) is 0 Å². The van der Waals surface area contributed by atoms with Crippen LogP contribution < -0.4 is 14.8 Å². The van der Waals surface area contributed by atoms with Crippen molar-refractivity contribution in [2.75, 3.05) is 11.9 Å². The summed E-state index contributed by atoms with van der Waals surface area (Å²) >= 11 is 1.13. The molecular weight excluding hydrogens is 378 g/mol. The summed E-state index contributed by atoms with van der Waals surface area (Å²) in [6, 6.07) is 12.8. The van der Waals surface area contributed by atoms with Gasteiger partial charge in [-0.3, -0.25) is 9.48 Å². The topological polar surface area (TPSA) is 91.2 Å². The zero-order valence-corrected chi connectivity index (χ0v) is 15.4. The first-order valence-corrected chi connectivity index (χ1v) is 9.42. The average Bonchev–Trinajstić information content (AvgIpc) is 3.36. The number of ether oxygens (including phenoxy) is 2. The van der Waals surface area contributed by atoms with Gasteiger partial charge in [0.2, 0.25) is 0 Å². The summed E-state index contributed by atoms with van der Waals surface area (Å²) in [5.74, 6) is 1.26. The lowest BCUT2D eigenvalue weighted by atomic mass is 10.2. The number of aromatic nitrogens is 4. The molecular formula is C19H15N5O3S. The summed E-state index contributed by atoms with van der Waals surface area (Å²) in [5.41, 5.74) is 2.63. The van der Waals surface area contributed by atoms with E-state index in [2.05, 4.69) is 19.2 Å². The molecule has 28 heavy (non-hydrogen) atoms. The van der Waals surface area contributed by atoms with Gasteiger partial charge in [-0.2, -0.15) is 13.8 Å². The first kappa shape index (κ1) is 16.7. The SMILES string of the molecule is O=C(Nc1cnn(C[C@@H]2COc3ccccc3O2)c1)c1ccc2nsnc2c1. The Morgan fingerprint density at radius 2 is 2.04 bits per heavy atom. The van der Waals surface area contributed by atoms with Gasteiger partial charge in [0.05, 0.1) is 30.2 Å². The van der Waals surface area contributed by atoms with Gasteiger partial charge in [-0.15, -0.1) is 0 Å². The number of benzene rings is 2. The standard InChI is InChI=1S/C19H15N5O3S/c25-19(12-5-6-15-16(7-12)23-28-22-15)21-13-8-20-24(9-13)10-14-11-26-17-3-1-2-4-18(17)27-14/h1-9,14H,10-11H2,(H,21,25)/t14-/m1/s1. The van der Waals surface area contributed by atoms with Crippen molar-refractivity contribution in [3.05, 3.63) is 60.4 Å². The second-order valence-corrected chi connectivity index (χ2v) is 6.90. The van der Waals surface area contributed by atoms with Gasteiger partial charge in [-0.25, -0.2) is 0 Å². The molecule has 0 spiro atoms. The third-order valence-corrected chi connectivity index (χ3v) is 4.92. The molecule has 3 heterocycles. The molecule has 0 unspecified atom stereocenters. The number of carbonyl (C=O) groups excluding carboxylic acids is 1. The highest BCUT2D eigenvalue weighted by atomic mass is 32.1. The van der Waals surface area contributed by atoms with Gasteiger partial charge in [0.15, 0.2) is 17.6 Å². The lowest BCUT2D eigenvalue weighted by Gasteiger charge is -2.26. The normalized spacial score (nSPS) is 15.5. The Labute approximate surface area is 164 Å². The minimum Gasteiger partial charge on any atom is -0.486 e. The molecule has 0 radical (unpaired) electrons. The van der Waals surface area contributed by atoms with Crippen molar-refractivity contribution >= 4 is 34.4 Å². The van der Waals surface area contributed by atoms with E-state index in [1.54, 1.807) is 35.3 Å². The van der Waals surface area contributed by atoms with Gasteiger partial charge in [0.25, 0.3) is 5.91 Å². The first-order chi connectivity index (χ1) is 13.7. The zero-order valence-electron chi connectivity index (χ0n) is 14.6. The number of amides is 1. The van der Waals surface area contributed by atoms with Gasteiger partial charge < -0.3 is 14.8 Å². The fourth-order valence-corrected chi connectivity index (χ4v) is 3.53. The molecule has 5 rings (SSSR count). The van der Waals surface area contributed by atoms with Crippen LogP contribution in [0.4, 0.5) is 5.69 Å². The fraction of sp³-hybridized carbons (Fsp3) is 0.158. The van der Waals surface area contributed by atoms with Gasteiger partial charge in [0.1, 0.15) is 17.6 Å². The molecule has 1 aliphatic heterocycles. The highest BCUT2D eigenvalue weighted by molar-refractivity contribution is 7.00. The number of rotatable bonds is 4. The number of nitrogens with zero attached hydrogens (tertiary/aromatic N) is 4. The fourth-order valence-electron chi connectivity index (χ4n) is 3.02. The van der Waals surface area contributed by atoms with Gasteiger partial charge in [-0.05, 0) is 30.3 Å². The maximum Gasteiger partial charge on any atom is 0.255 e. The summed E-state index contributed by atoms with van der Waals surface area (Å²) in [4.78, 5) is 12.5. The second kappa shape index (κ2) is 6.93. The largest absolute Gasteiger partial charge is 0.486 e. The zero-order chi connectivity index (χ0) is 18.9. The molecule has 0 saturated carbocycles. The molecule has 0 aliphatic carbocycles. The Balaban J connectivity index is 1.24. The van der Waals surface area contributed by atoms with Crippen LogP contribution in [0.5, 0.6) is 11.5 Å². The third-order valence-electron chi connectivity index (χ3n) is 4.37. The molecule has 4 aromatic rings. The van der Waals surface area contributed by atoms with Crippen molar-refractivity contribution in [1.29, 1.82) is 0 Å². The third kappa shape index (κ3) is 3.27. The van der Waals surface area contributed by atoms with E-state index in [-0.39, 0.29) is 12.0 Å². The van der Waals surface area contributed by atoms with Crippen LogP contribution in [-0.2, 0) is 6.54 Å². The molecule has 2 aromatic carbocycles. The van der Waals surface area contributed by atoms with Crippen LogP contribution in [0.25, 0.3) is 11.0 Å². The Bertz CT molecular complexity index is 1160. The lowest BCUT2D eigenvalue weighted by molar-refractivity contribution is 0.0759. The maximum atomic E-state index is 12.5. The maximum absolute atomic E-state index is 12.5. The highest BCUT2D eigenvalue weighted by Gasteiger charge is 2.21. The van der Waals surface area contributed by atoms with Crippen LogP contribution >= 0.6 is 11.7 Å². The van der Waals surface area contributed by atoms with Crippen LogP contribution in [0.2, 0.25) is 0 Å².